The number of methoxy groups -OCH3 is 1. The molecule has 1 N–H and O–H groups in total. The van der Waals surface area contributed by atoms with Crippen molar-refractivity contribution in [2.24, 2.45) is 0 Å². The smallest absolute Gasteiger partial charge is 0.212 e. The van der Waals surface area contributed by atoms with E-state index in [4.69, 9.17) is 9.47 Å². The van der Waals surface area contributed by atoms with Crippen molar-refractivity contribution < 1.29 is 9.47 Å². The summed E-state index contributed by atoms with van der Waals surface area (Å²) in [7, 11) is 1.64. The molecule has 3 rings (SSSR count). The lowest BCUT2D eigenvalue weighted by molar-refractivity contribution is -0.0837. The molecule has 2 fully saturated rings. The second kappa shape index (κ2) is 6.10. The molecule has 0 radical (unpaired) electrons. The third kappa shape index (κ3) is 3.13. The van der Waals surface area contributed by atoms with Gasteiger partial charge in [0.15, 0.2) is 0 Å². The van der Waals surface area contributed by atoms with Crippen LogP contribution in [-0.4, -0.2) is 30.3 Å². The fourth-order valence-electron chi connectivity index (χ4n) is 3.47. The molecule has 0 aromatic carbocycles. The molecule has 110 valence electrons. The van der Waals surface area contributed by atoms with Crippen LogP contribution in [0.5, 0.6) is 5.88 Å². The van der Waals surface area contributed by atoms with Crippen LogP contribution in [0.15, 0.2) is 18.3 Å². The van der Waals surface area contributed by atoms with Crippen LogP contribution in [0, 0.1) is 0 Å². The van der Waals surface area contributed by atoms with Crippen LogP contribution >= 0.6 is 0 Å². The number of rotatable bonds is 4. The number of nitrogens with one attached hydrogen (secondary N) is 1. The Morgan fingerprint density at radius 1 is 1.40 bits per heavy atom. The molecule has 0 amide bonds. The molecule has 2 heterocycles. The van der Waals surface area contributed by atoms with E-state index in [0.717, 1.165) is 26.0 Å². The molecule has 2 aliphatic rings. The zero-order chi connectivity index (χ0) is 13.8. The first-order chi connectivity index (χ1) is 9.80. The molecule has 1 saturated heterocycles. The predicted molar refractivity (Wildman–Crippen MR) is 77.8 cm³/mol. The van der Waals surface area contributed by atoms with Gasteiger partial charge >= 0.3 is 0 Å². The average molecular weight is 276 g/mol. The van der Waals surface area contributed by atoms with E-state index in [1.54, 1.807) is 7.11 Å². The normalized spacial score (nSPS) is 24.9. The average Bonchev–Trinajstić information content (AvgIpc) is 2.93. The zero-order valence-corrected chi connectivity index (χ0v) is 12.2. The Morgan fingerprint density at radius 3 is 2.95 bits per heavy atom. The van der Waals surface area contributed by atoms with Crippen LogP contribution in [-0.2, 0) is 11.3 Å². The highest BCUT2D eigenvalue weighted by Crippen LogP contribution is 2.39. The van der Waals surface area contributed by atoms with E-state index in [9.17, 15) is 0 Å². The van der Waals surface area contributed by atoms with E-state index in [0.29, 0.717) is 11.9 Å². The maximum absolute atomic E-state index is 6.07. The number of hydrogen-bond donors (Lipinski definition) is 1. The minimum atomic E-state index is 0.189. The highest BCUT2D eigenvalue weighted by Gasteiger charge is 2.39. The van der Waals surface area contributed by atoms with Crippen molar-refractivity contribution in [1.82, 2.24) is 10.3 Å². The molecule has 1 unspecified atom stereocenters. The van der Waals surface area contributed by atoms with Crippen LogP contribution in [0.3, 0.4) is 0 Å². The Balaban J connectivity index is 1.52. The van der Waals surface area contributed by atoms with E-state index in [1.807, 2.05) is 12.3 Å². The topological polar surface area (TPSA) is 43.4 Å². The second-order valence-electron chi connectivity index (χ2n) is 6.02. The maximum Gasteiger partial charge on any atom is 0.212 e. The fraction of sp³-hybridized carbons (Fsp3) is 0.688. The maximum atomic E-state index is 6.07. The number of aromatic nitrogens is 1. The standard InChI is InChI=1S/C16H24N2O2/c1-19-15-5-4-13(12-18-15)11-17-14-6-9-20-16(10-14)7-2-3-8-16/h4-5,12,14,17H,2-3,6-11H2,1H3. The van der Waals surface area contributed by atoms with E-state index in [2.05, 4.69) is 16.4 Å². The molecule has 1 spiro atoms. The van der Waals surface area contributed by atoms with Crippen molar-refractivity contribution in [3.05, 3.63) is 23.9 Å². The van der Waals surface area contributed by atoms with Gasteiger partial charge in [-0.15, -0.1) is 0 Å². The third-order valence-corrected chi connectivity index (χ3v) is 4.61. The molecular formula is C16H24N2O2. The van der Waals surface area contributed by atoms with Crippen molar-refractivity contribution in [2.45, 2.75) is 56.7 Å². The van der Waals surface area contributed by atoms with E-state index < -0.39 is 0 Å². The third-order valence-electron chi connectivity index (χ3n) is 4.61. The van der Waals surface area contributed by atoms with Gasteiger partial charge in [0.25, 0.3) is 0 Å². The SMILES string of the molecule is COc1ccc(CNC2CCOC3(CCCC3)C2)cn1. The lowest BCUT2D eigenvalue weighted by Crippen LogP contribution is -2.45. The van der Waals surface area contributed by atoms with Gasteiger partial charge in [0.05, 0.1) is 12.7 Å². The largest absolute Gasteiger partial charge is 0.481 e. The van der Waals surface area contributed by atoms with Gasteiger partial charge in [0.1, 0.15) is 0 Å². The fourth-order valence-corrected chi connectivity index (χ4v) is 3.47. The highest BCUT2D eigenvalue weighted by atomic mass is 16.5. The molecule has 4 nitrogen and oxygen atoms in total. The molecule has 1 atom stereocenters. The summed E-state index contributed by atoms with van der Waals surface area (Å²) in [6.07, 6.45) is 9.31. The van der Waals surface area contributed by atoms with Gasteiger partial charge in [-0.25, -0.2) is 4.98 Å². The molecule has 20 heavy (non-hydrogen) atoms. The van der Waals surface area contributed by atoms with Crippen molar-refractivity contribution in [2.75, 3.05) is 13.7 Å². The Morgan fingerprint density at radius 2 is 2.25 bits per heavy atom. The van der Waals surface area contributed by atoms with Crippen LogP contribution < -0.4 is 10.1 Å². The van der Waals surface area contributed by atoms with E-state index >= 15 is 0 Å². The summed E-state index contributed by atoms with van der Waals surface area (Å²) in [5.74, 6) is 0.671. The first-order valence-corrected chi connectivity index (χ1v) is 7.66. The Labute approximate surface area is 120 Å². The molecule has 1 saturated carbocycles. The summed E-state index contributed by atoms with van der Waals surface area (Å²) in [6.45, 7) is 1.77. The molecule has 1 aliphatic carbocycles. The summed E-state index contributed by atoms with van der Waals surface area (Å²) in [5, 5.41) is 3.67. The lowest BCUT2D eigenvalue weighted by atomic mass is 9.89. The summed E-state index contributed by atoms with van der Waals surface area (Å²) in [6, 6.07) is 4.56. The van der Waals surface area contributed by atoms with Crippen LogP contribution in [0.2, 0.25) is 0 Å². The number of hydrogen-bond acceptors (Lipinski definition) is 4. The first-order valence-electron chi connectivity index (χ1n) is 7.66. The minimum absolute atomic E-state index is 0.189. The van der Waals surface area contributed by atoms with Gasteiger partial charge in [0.2, 0.25) is 5.88 Å². The Kier molecular flexibility index (Phi) is 4.22. The summed E-state index contributed by atoms with van der Waals surface area (Å²) >= 11 is 0. The Bertz CT molecular complexity index is 427. The van der Waals surface area contributed by atoms with Gasteiger partial charge in [-0.2, -0.15) is 0 Å². The van der Waals surface area contributed by atoms with Crippen molar-refractivity contribution in [1.29, 1.82) is 0 Å². The van der Waals surface area contributed by atoms with Gasteiger partial charge in [0, 0.05) is 31.5 Å². The molecule has 4 heteroatoms. The van der Waals surface area contributed by atoms with E-state index in [1.165, 1.54) is 31.2 Å². The van der Waals surface area contributed by atoms with Gasteiger partial charge < -0.3 is 14.8 Å². The van der Waals surface area contributed by atoms with Crippen molar-refractivity contribution in [3.8, 4) is 5.88 Å². The van der Waals surface area contributed by atoms with E-state index in [-0.39, 0.29) is 5.60 Å². The second-order valence-corrected chi connectivity index (χ2v) is 6.02. The highest BCUT2D eigenvalue weighted by molar-refractivity contribution is 5.17. The van der Waals surface area contributed by atoms with Gasteiger partial charge in [-0.05, 0) is 31.2 Å². The van der Waals surface area contributed by atoms with Crippen molar-refractivity contribution >= 4 is 0 Å². The zero-order valence-electron chi connectivity index (χ0n) is 12.2. The monoisotopic (exact) mass is 276 g/mol. The van der Waals surface area contributed by atoms with Crippen LogP contribution in [0.1, 0.15) is 44.1 Å². The lowest BCUT2D eigenvalue weighted by Gasteiger charge is -2.38. The van der Waals surface area contributed by atoms with Gasteiger partial charge in [-0.1, -0.05) is 18.9 Å². The van der Waals surface area contributed by atoms with Crippen LogP contribution in [0.4, 0.5) is 0 Å². The molecule has 0 bridgehead atoms. The number of ether oxygens (including phenoxy) is 2. The quantitative estimate of drug-likeness (QED) is 0.918. The summed E-state index contributed by atoms with van der Waals surface area (Å²) < 4.78 is 11.1. The summed E-state index contributed by atoms with van der Waals surface area (Å²) in [4.78, 5) is 4.24. The first kappa shape index (κ1) is 13.8. The van der Waals surface area contributed by atoms with Crippen LogP contribution in [0.25, 0.3) is 0 Å². The number of pyridine rings is 1. The number of nitrogens with zero attached hydrogens (tertiary/aromatic N) is 1. The molecule has 1 aromatic heterocycles. The summed E-state index contributed by atoms with van der Waals surface area (Å²) in [5.41, 5.74) is 1.39. The molecular weight excluding hydrogens is 252 g/mol. The minimum Gasteiger partial charge on any atom is -0.481 e. The van der Waals surface area contributed by atoms with Gasteiger partial charge in [-0.3, -0.25) is 0 Å². The molecule has 1 aliphatic heterocycles. The Hall–Kier alpha value is -1.13. The molecule has 1 aromatic rings. The van der Waals surface area contributed by atoms with Crippen molar-refractivity contribution in [3.63, 3.8) is 0 Å². The predicted octanol–water partition coefficient (Wildman–Crippen LogP) is 2.67.